The van der Waals surface area contributed by atoms with E-state index in [1.807, 2.05) is 29.2 Å². The highest BCUT2D eigenvalue weighted by atomic mass is 35.5. The molecule has 1 atom stereocenters. The zero-order valence-corrected chi connectivity index (χ0v) is 15.0. The van der Waals surface area contributed by atoms with E-state index in [1.54, 1.807) is 0 Å². The zero-order valence-electron chi connectivity index (χ0n) is 14.3. The quantitative estimate of drug-likeness (QED) is 0.895. The van der Waals surface area contributed by atoms with Crippen LogP contribution in [0.3, 0.4) is 0 Å². The summed E-state index contributed by atoms with van der Waals surface area (Å²) in [5.41, 5.74) is 7.84. The second-order valence-corrected chi connectivity index (χ2v) is 6.70. The summed E-state index contributed by atoms with van der Waals surface area (Å²) in [7, 11) is 0. The molecule has 132 valence electrons. The second-order valence-electron chi connectivity index (χ2n) is 6.29. The van der Waals surface area contributed by atoms with Gasteiger partial charge in [0.05, 0.1) is 6.04 Å². The molecule has 4 nitrogen and oxygen atoms in total. The molecule has 1 unspecified atom stereocenters. The van der Waals surface area contributed by atoms with Gasteiger partial charge in [0.1, 0.15) is 0 Å². The van der Waals surface area contributed by atoms with E-state index in [-0.39, 0.29) is 11.9 Å². The maximum absolute atomic E-state index is 12.1. The minimum atomic E-state index is 0.0988. The van der Waals surface area contributed by atoms with Gasteiger partial charge in [-0.1, -0.05) is 60.1 Å². The fourth-order valence-electron chi connectivity index (χ4n) is 3.43. The molecule has 1 amide bonds. The number of halogens is 1. The molecule has 1 saturated heterocycles. The Labute approximate surface area is 154 Å². The highest BCUT2D eigenvalue weighted by Gasteiger charge is 2.28. The first-order chi connectivity index (χ1) is 12.2. The Morgan fingerprint density at radius 1 is 1.00 bits per heavy atom. The standard InChI is InChI=1S/C20H24ClN3O/c21-18-9-5-4-8-17(18)20(16-6-2-1-3-7-16)24-14-12-23(13-15-24)19(25)10-11-22/h1-9,20H,10-15,22H2. The van der Waals surface area contributed by atoms with Gasteiger partial charge >= 0.3 is 0 Å². The molecule has 1 fully saturated rings. The molecule has 0 aliphatic carbocycles. The molecule has 2 N–H and O–H groups in total. The number of nitrogens with zero attached hydrogens (tertiary/aromatic N) is 2. The van der Waals surface area contributed by atoms with E-state index in [9.17, 15) is 4.79 Å². The van der Waals surface area contributed by atoms with Gasteiger partial charge < -0.3 is 10.6 Å². The first-order valence-electron chi connectivity index (χ1n) is 8.72. The molecule has 0 spiro atoms. The summed E-state index contributed by atoms with van der Waals surface area (Å²) in [5, 5.41) is 0.776. The van der Waals surface area contributed by atoms with Gasteiger partial charge in [-0.15, -0.1) is 0 Å². The highest BCUT2D eigenvalue weighted by Crippen LogP contribution is 2.33. The van der Waals surface area contributed by atoms with Gasteiger partial charge in [-0.2, -0.15) is 0 Å². The Kier molecular flexibility index (Phi) is 6.08. The predicted octanol–water partition coefficient (Wildman–Crippen LogP) is 2.92. The third-order valence-corrected chi connectivity index (χ3v) is 5.05. The molecule has 0 bridgehead atoms. The first-order valence-corrected chi connectivity index (χ1v) is 9.09. The van der Waals surface area contributed by atoms with Crippen molar-refractivity contribution in [3.05, 3.63) is 70.7 Å². The highest BCUT2D eigenvalue weighted by molar-refractivity contribution is 6.31. The molecule has 0 aromatic heterocycles. The number of benzene rings is 2. The summed E-state index contributed by atoms with van der Waals surface area (Å²) < 4.78 is 0. The summed E-state index contributed by atoms with van der Waals surface area (Å²) in [4.78, 5) is 16.4. The topological polar surface area (TPSA) is 49.6 Å². The Balaban J connectivity index is 1.82. The van der Waals surface area contributed by atoms with Crippen molar-refractivity contribution in [1.29, 1.82) is 0 Å². The molecule has 5 heteroatoms. The maximum atomic E-state index is 12.1. The van der Waals surface area contributed by atoms with Crippen LogP contribution in [0.4, 0.5) is 0 Å². The molecule has 0 radical (unpaired) electrons. The minimum Gasteiger partial charge on any atom is -0.340 e. The summed E-state index contributed by atoms with van der Waals surface area (Å²) in [6.45, 7) is 3.51. The van der Waals surface area contributed by atoms with Crippen LogP contribution in [0.1, 0.15) is 23.6 Å². The average Bonchev–Trinajstić information content (AvgIpc) is 2.65. The summed E-state index contributed by atoms with van der Waals surface area (Å²) in [6.07, 6.45) is 0.423. The molecule has 2 aromatic carbocycles. The fraction of sp³-hybridized carbons (Fsp3) is 0.350. The van der Waals surface area contributed by atoms with E-state index >= 15 is 0 Å². The van der Waals surface area contributed by atoms with E-state index < -0.39 is 0 Å². The van der Waals surface area contributed by atoms with Gasteiger partial charge in [0.15, 0.2) is 0 Å². The van der Waals surface area contributed by atoms with Gasteiger partial charge in [0.2, 0.25) is 5.91 Å². The Morgan fingerprint density at radius 3 is 2.28 bits per heavy atom. The number of piperazine rings is 1. The summed E-state index contributed by atoms with van der Waals surface area (Å²) in [6, 6.07) is 18.5. The molecule has 1 heterocycles. The molecular formula is C20H24ClN3O. The van der Waals surface area contributed by atoms with Crippen LogP contribution in [-0.4, -0.2) is 48.4 Å². The monoisotopic (exact) mass is 357 g/mol. The van der Waals surface area contributed by atoms with Gasteiger partial charge in [-0.25, -0.2) is 0 Å². The zero-order chi connectivity index (χ0) is 17.6. The third kappa shape index (κ3) is 4.21. The number of amides is 1. The van der Waals surface area contributed by atoms with Gasteiger partial charge in [-0.05, 0) is 17.2 Å². The Bertz CT molecular complexity index is 699. The van der Waals surface area contributed by atoms with Crippen molar-refractivity contribution in [2.45, 2.75) is 12.5 Å². The van der Waals surface area contributed by atoms with Crippen molar-refractivity contribution in [2.24, 2.45) is 5.73 Å². The third-order valence-electron chi connectivity index (χ3n) is 4.71. The number of carbonyl (C=O) groups excluding carboxylic acids is 1. The number of nitrogens with two attached hydrogens (primary N) is 1. The van der Waals surface area contributed by atoms with Gasteiger partial charge in [0.25, 0.3) is 0 Å². The molecule has 25 heavy (non-hydrogen) atoms. The normalized spacial score (nSPS) is 16.6. The number of hydrogen-bond donors (Lipinski definition) is 1. The van der Waals surface area contributed by atoms with Crippen molar-refractivity contribution in [3.63, 3.8) is 0 Å². The fourth-order valence-corrected chi connectivity index (χ4v) is 3.67. The van der Waals surface area contributed by atoms with Crippen molar-refractivity contribution in [1.82, 2.24) is 9.80 Å². The molecule has 2 aromatic rings. The number of rotatable bonds is 5. The van der Waals surface area contributed by atoms with Crippen LogP contribution in [0.25, 0.3) is 0 Å². The van der Waals surface area contributed by atoms with E-state index in [1.165, 1.54) is 5.56 Å². The van der Waals surface area contributed by atoms with E-state index in [0.29, 0.717) is 13.0 Å². The average molecular weight is 358 g/mol. The first kappa shape index (κ1) is 17.9. The predicted molar refractivity (Wildman–Crippen MR) is 102 cm³/mol. The van der Waals surface area contributed by atoms with Crippen LogP contribution in [0.15, 0.2) is 54.6 Å². The second kappa shape index (κ2) is 8.48. The number of carbonyl (C=O) groups is 1. The minimum absolute atomic E-state index is 0.0988. The molecule has 0 saturated carbocycles. The largest absolute Gasteiger partial charge is 0.340 e. The van der Waals surface area contributed by atoms with Crippen LogP contribution in [0.2, 0.25) is 5.02 Å². The van der Waals surface area contributed by atoms with Crippen LogP contribution < -0.4 is 5.73 Å². The lowest BCUT2D eigenvalue weighted by molar-refractivity contribution is -0.132. The van der Waals surface area contributed by atoms with Crippen LogP contribution >= 0.6 is 11.6 Å². The SMILES string of the molecule is NCCC(=O)N1CCN(C(c2ccccc2)c2ccccc2Cl)CC1. The van der Waals surface area contributed by atoms with Crippen molar-refractivity contribution in [3.8, 4) is 0 Å². The number of hydrogen-bond acceptors (Lipinski definition) is 3. The van der Waals surface area contributed by atoms with Crippen LogP contribution in [-0.2, 0) is 4.79 Å². The maximum Gasteiger partial charge on any atom is 0.223 e. The van der Waals surface area contributed by atoms with Crippen LogP contribution in [0.5, 0.6) is 0 Å². The van der Waals surface area contributed by atoms with Crippen LogP contribution in [0, 0.1) is 0 Å². The van der Waals surface area contributed by atoms with E-state index in [2.05, 4.69) is 35.2 Å². The van der Waals surface area contributed by atoms with E-state index in [4.69, 9.17) is 17.3 Å². The van der Waals surface area contributed by atoms with Crippen molar-refractivity contribution < 1.29 is 4.79 Å². The molecule has 3 rings (SSSR count). The Morgan fingerprint density at radius 2 is 1.64 bits per heavy atom. The molecule has 1 aliphatic rings. The van der Waals surface area contributed by atoms with Gasteiger partial charge in [0, 0.05) is 44.2 Å². The summed E-state index contributed by atoms with van der Waals surface area (Å²) in [5.74, 6) is 0.149. The van der Waals surface area contributed by atoms with Crippen molar-refractivity contribution in [2.75, 3.05) is 32.7 Å². The lowest BCUT2D eigenvalue weighted by Crippen LogP contribution is -2.50. The molecule has 1 aliphatic heterocycles. The Hall–Kier alpha value is -1.88. The lowest BCUT2D eigenvalue weighted by Gasteiger charge is -2.40. The van der Waals surface area contributed by atoms with Gasteiger partial charge in [-0.3, -0.25) is 9.69 Å². The molecular weight excluding hydrogens is 334 g/mol. The lowest BCUT2D eigenvalue weighted by atomic mass is 9.96. The smallest absolute Gasteiger partial charge is 0.223 e. The van der Waals surface area contributed by atoms with E-state index in [0.717, 1.165) is 36.8 Å². The summed E-state index contributed by atoms with van der Waals surface area (Å²) >= 11 is 6.50. The van der Waals surface area contributed by atoms with Crippen molar-refractivity contribution >= 4 is 17.5 Å².